The van der Waals surface area contributed by atoms with Crippen LogP contribution in [0.5, 0.6) is 0 Å². The van der Waals surface area contributed by atoms with Gasteiger partial charge in [0.25, 0.3) is 0 Å². The molecule has 35 heavy (non-hydrogen) atoms. The standard InChI is InChI=1S/C25H22F4N6/c1-15-13-34(14-30-15)21-10-8-17(31-16(21)2)9-11-22-32-24-18(5-4-12-35(24)33-22)23-19(25(27,28)29)6-3-7-20(23)26/h3,6-11,13-14,18H,4-5,12H2,1-2H3/b11-9+/t18-/m1/s1. The topological polar surface area (TPSA) is 61.4 Å². The van der Waals surface area contributed by atoms with Crippen LogP contribution in [0.2, 0.25) is 0 Å². The lowest BCUT2D eigenvalue weighted by Gasteiger charge is -2.25. The molecule has 3 aromatic heterocycles. The summed E-state index contributed by atoms with van der Waals surface area (Å²) in [6.45, 7) is 4.32. The molecule has 10 heteroatoms. The van der Waals surface area contributed by atoms with Gasteiger partial charge in [-0.2, -0.15) is 18.3 Å². The molecule has 5 rings (SSSR count). The van der Waals surface area contributed by atoms with Crippen LogP contribution in [-0.4, -0.2) is 29.3 Å². The van der Waals surface area contributed by atoms with Crippen molar-refractivity contribution in [2.75, 3.05) is 0 Å². The minimum absolute atomic E-state index is 0.335. The van der Waals surface area contributed by atoms with Gasteiger partial charge in [0.1, 0.15) is 11.6 Å². The number of aromatic nitrogens is 6. The third kappa shape index (κ3) is 4.48. The van der Waals surface area contributed by atoms with E-state index >= 15 is 0 Å². The van der Waals surface area contributed by atoms with Gasteiger partial charge in [-0.3, -0.25) is 4.98 Å². The second kappa shape index (κ2) is 8.75. The highest BCUT2D eigenvalue weighted by molar-refractivity contribution is 5.65. The maximum atomic E-state index is 14.6. The third-order valence-corrected chi connectivity index (χ3v) is 6.07. The minimum Gasteiger partial charge on any atom is -0.304 e. The van der Waals surface area contributed by atoms with E-state index in [4.69, 9.17) is 0 Å². The Morgan fingerprint density at radius 1 is 1.06 bits per heavy atom. The fraction of sp³-hybridized carbons (Fsp3) is 0.280. The van der Waals surface area contributed by atoms with Crippen LogP contribution in [0.15, 0.2) is 42.9 Å². The quantitative estimate of drug-likeness (QED) is 0.349. The Balaban J connectivity index is 1.44. The van der Waals surface area contributed by atoms with Crippen LogP contribution in [0.3, 0.4) is 0 Å². The van der Waals surface area contributed by atoms with E-state index in [0.29, 0.717) is 36.7 Å². The third-order valence-electron chi connectivity index (χ3n) is 6.07. The lowest BCUT2D eigenvalue weighted by atomic mass is 9.87. The lowest BCUT2D eigenvalue weighted by Crippen LogP contribution is -2.22. The van der Waals surface area contributed by atoms with Gasteiger partial charge in [0.2, 0.25) is 0 Å². The SMILES string of the molecule is Cc1cn(-c2ccc(/C=C/c3nc4n(n3)CCC[C@@H]4c3c(F)cccc3C(F)(F)F)nc2C)cn1. The van der Waals surface area contributed by atoms with Gasteiger partial charge in [0, 0.05) is 24.2 Å². The van der Waals surface area contributed by atoms with Crippen molar-refractivity contribution < 1.29 is 17.6 Å². The van der Waals surface area contributed by atoms with Gasteiger partial charge in [0.05, 0.1) is 34.7 Å². The molecule has 1 aliphatic heterocycles. The van der Waals surface area contributed by atoms with Crippen LogP contribution < -0.4 is 0 Å². The average Bonchev–Trinajstić information content (AvgIpc) is 3.43. The molecule has 0 amide bonds. The number of hydrogen-bond acceptors (Lipinski definition) is 4. The normalized spacial score (nSPS) is 16.1. The zero-order valence-electron chi connectivity index (χ0n) is 19.1. The number of rotatable bonds is 4. The molecule has 0 unspecified atom stereocenters. The predicted molar refractivity (Wildman–Crippen MR) is 122 cm³/mol. The minimum atomic E-state index is -4.66. The second-order valence-corrected chi connectivity index (χ2v) is 8.54. The van der Waals surface area contributed by atoms with Gasteiger partial charge in [-0.1, -0.05) is 6.07 Å². The van der Waals surface area contributed by atoms with E-state index in [0.717, 1.165) is 35.3 Å². The highest BCUT2D eigenvalue weighted by Gasteiger charge is 2.39. The summed E-state index contributed by atoms with van der Waals surface area (Å²) in [5, 5.41) is 4.43. The van der Waals surface area contributed by atoms with Crippen molar-refractivity contribution in [1.29, 1.82) is 0 Å². The van der Waals surface area contributed by atoms with Crippen LogP contribution in [-0.2, 0) is 12.7 Å². The van der Waals surface area contributed by atoms with Gasteiger partial charge < -0.3 is 4.57 Å². The van der Waals surface area contributed by atoms with Gasteiger partial charge in [0.15, 0.2) is 5.82 Å². The van der Waals surface area contributed by atoms with Crippen LogP contribution in [0, 0.1) is 19.7 Å². The number of nitrogens with zero attached hydrogens (tertiary/aromatic N) is 6. The molecule has 4 heterocycles. The van der Waals surface area contributed by atoms with E-state index in [1.54, 1.807) is 23.2 Å². The number of hydrogen-bond donors (Lipinski definition) is 0. The van der Waals surface area contributed by atoms with E-state index < -0.39 is 23.5 Å². The van der Waals surface area contributed by atoms with E-state index in [-0.39, 0.29) is 5.56 Å². The predicted octanol–water partition coefficient (Wildman–Crippen LogP) is 5.73. The number of alkyl halides is 3. The van der Waals surface area contributed by atoms with Crippen molar-refractivity contribution in [2.45, 2.75) is 45.3 Å². The summed E-state index contributed by atoms with van der Waals surface area (Å²) < 4.78 is 58.9. The Bertz CT molecular complexity index is 1420. The summed E-state index contributed by atoms with van der Waals surface area (Å²) in [6, 6.07) is 6.84. The molecule has 1 aromatic carbocycles. The number of imidazole rings is 1. The smallest absolute Gasteiger partial charge is 0.304 e. The van der Waals surface area contributed by atoms with Crippen LogP contribution in [0.4, 0.5) is 17.6 Å². The maximum Gasteiger partial charge on any atom is 0.416 e. The number of fused-ring (bicyclic) bond motifs is 1. The summed E-state index contributed by atoms with van der Waals surface area (Å²) in [6.07, 6.45) is 3.33. The molecule has 0 radical (unpaired) electrons. The molecule has 0 saturated heterocycles. The Morgan fingerprint density at radius 2 is 1.89 bits per heavy atom. The molecule has 1 atom stereocenters. The van der Waals surface area contributed by atoms with E-state index in [1.807, 2.05) is 36.7 Å². The molecule has 180 valence electrons. The van der Waals surface area contributed by atoms with Crippen LogP contribution in [0.1, 0.15) is 58.6 Å². The van der Waals surface area contributed by atoms with Crippen molar-refractivity contribution in [3.8, 4) is 5.69 Å². The molecule has 1 aliphatic rings. The first kappa shape index (κ1) is 22.9. The highest BCUT2D eigenvalue weighted by atomic mass is 19.4. The summed E-state index contributed by atoms with van der Waals surface area (Å²) in [4.78, 5) is 13.3. The second-order valence-electron chi connectivity index (χ2n) is 8.54. The largest absolute Gasteiger partial charge is 0.416 e. The van der Waals surface area contributed by atoms with Gasteiger partial charge in [-0.25, -0.2) is 19.0 Å². The average molecular weight is 482 g/mol. The molecule has 0 saturated carbocycles. The summed E-state index contributed by atoms with van der Waals surface area (Å²) in [5.74, 6) is -1.03. The molecule has 0 N–H and O–H groups in total. The van der Waals surface area contributed by atoms with Gasteiger partial charge in [-0.05, 0) is 63.1 Å². The molecule has 0 spiro atoms. The van der Waals surface area contributed by atoms with Crippen molar-refractivity contribution in [3.63, 3.8) is 0 Å². The van der Waals surface area contributed by atoms with E-state index in [1.165, 1.54) is 0 Å². The fourth-order valence-electron chi connectivity index (χ4n) is 4.50. The van der Waals surface area contributed by atoms with Crippen LogP contribution in [0.25, 0.3) is 17.8 Å². The zero-order valence-corrected chi connectivity index (χ0v) is 19.1. The van der Waals surface area contributed by atoms with Gasteiger partial charge >= 0.3 is 6.18 Å². The Labute approximate surface area is 199 Å². The maximum absolute atomic E-state index is 14.6. The Morgan fingerprint density at radius 3 is 2.60 bits per heavy atom. The highest BCUT2D eigenvalue weighted by Crippen LogP contribution is 2.41. The molecule has 4 aromatic rings. The molecule has 0 bridgehead atoms. The van der Waals surface area contributed by atoms with Crippen molar-refractivity contribution in [2.24, 2.45) is 0 Å². The van der Waals surface area contributed by atoms with Crippen molar-refractivity contribution >= 4 is 12.2 Å². The first-order valence-electron chi connectivity index (χ1n) is 11.2. The van der Waals surface area contributed by atoms with E-state index in [2.05, 4.69) is 20.1 Å². The molecule has 0 aliphatic carbocycles. The molecular weight excluding hydrogens is 460 g/mol. The van der Waals surface area contributed by atoms with Crippen LogP contribution >= 0.6 is 0 Å². The zero-order chi connectivity index (χ0) is 24.7. The summed E-state index contributed by atoms with van der Waals surface area (Å²) in [5.41, 5.74) is 1.96. The number of pyridine rings is 1. The Hall–Kier alpha value is -3.82. The van der Waals surface area contributed by atoms with Crippen molar-refractivity contribution in [3.05, 3.63) is 88.5 Å². The van der Waals surface area contributed by atoms with Crippen molar-refractivity contribution in [1.82, 2.24) is 29.3 Å². The lowest BCUT2D eigenvalue weighted by molar-refractivity contribution is -0.138. The van der Waals surface area contributed by atoms with Gasteiger partial charge in [-0.15, -0.1) is 0 Å². The Kier molecular flexibility index (Phi) is 5.74. The number of halogens is 4. The summed E-state index contributed by atoms with van der Waals surface area (Å²) >= 11 is 0. The molecular formula is C25H22F4N6. The first-order valence-corrected chi connectivity index (χ1v) is 11.2. The fourth-order valence-corrected chi connectivity index (χ4v) is 4.50. The first-order chi connectivity index (χ1) is 16.7. The molecule has 0 fully saturated rings. The molecule has 6 nitrogen and oxygen atoms in total. The van der Waals surface area contributed by atoms with E-state index in [9.17, 15) is 17.6 Å². The monoisotopic (exact) mass is 482 g/mol. The number of benzene rings is 1. The summed E-state index contributed by atoms with van der Waals surface area (Å²) in [7, 11) is 0. The number of aryl methyl sites for hydroxylation is 3.